The number of rotatable bonds is 6. The molecular weight excluding hydrogens is 329 g/mol. The number of halogens is 2. The lowest BCUT2D eigenvalue weighted by molar-refractivity contribution is 0.519. The summed E-state index contributed by atoms with van der Waals surface area (Å²) in [5, 5.41) is 3.53. The molecule has 3 heteroatoms. The van der Waals surface area contributed by atoms with Gasteiger partial charge in [0.15, 0.2) is 0 Å². The van der Waals surface area contributed by atoms with Crippen LogP contribution in [0.2, 0.25) is 0 Å². The highest BCUT2D eigenvalue weighted by Gasteiger charge is 2.11. The standard InChI is InChI=1S/C18H21BrFN/c1-3-21-18(11-14-4-7-16(19)8-5-14)12-15-6-9-17(20)10-13(15)2/h4-10,18,21H,3,11-12H2,1-2H3. The van der Waals surface area contributed by atoms with Crippen LogP contribution in [0.4, 0.5) is 4.39 Å². The van der Waals surface area contributed by atoms with E-state index < -0.39 is 0 Å². The maximum absolute atomic E-state index is 13.2. The Morgan fingerprint density at radius 3 is 2.43 bits per heavy atom. The minimum atomic E-state index is -0.163. The van der Waals surface area contributed by atoms with Gasteiger partial charge < -0.3 is 5.32 Å². The van der Waals surface area contributed by atoms with Gasteiger partial charge >= 0.3 is 0 Å². The highest BCUT2D eigenvalue weighted by atomic mass is 79.9. The van der Waals surface area contributed by atoms with Gasteiger partial charge in [0.05, 0.1) is 0 Å². The zero-order valence-electron chi connectivity index (χ0n) is 12.5. The summed E-state index contributed by atoms with van der Waals surface area (Å²) in [6.07, 6.45) is 1.88. The van der Waals surface area contributed by atoms with E-state index in [1.165, 1.54) is 11.1 Å². The monoisotopic (exact) mass is 349 g/mol. The van der Waals surface area contributed by atoms with E-state index in [0.29, 0.717) is 6.04 Å². The van der Waals surface area contributed by atoms with Crippen molar-refractivity contribution in [3.63, 3.8) is 0 Å². The molecule has 0 saturated carbocycles. The average Bonchev–Trinajstić information content (AvgIpc) is 2.44. The van der Waals surface area contributed by atoms with Gasteiger partial charge in [-0.3, -0.25) is 0 Å². The molecule has 2 rings (SSSR count). The zero-order valence-corrected chi connectivity index (χ0v) is 14.1. The molecular formula is C18H21BrFN. The molecule has 0 aliphatic heterocycles. The number of likely N-dealkylation sites (N-methyl/N-ethyl adjacent to an activating group) is 1. The summed E-state index contributed by atoms with van der Waals surface area (Å²) in [6, 6.07) is 13.8. The van der Waals surface area contributed by atoms with Crippen LogP contribution < -0.4 is 5.32 Å². The molecule has 0 aliphatic rings. The smallest absolute Gasteiger partial charge is 0.123 e. The van der Waals surface area contributed by atoms with Crippen LogP contribution in [0.25, 0.3) is 0 Å². The van der Waals surface area contributed by atoms with Gasteiger partial charge in [-0.2, -0.15) is 0 Å². The van der Waals surface area contributed by atoms with E-state index in [0.717, 1.165) is 29.4 Å². The van der Waals surface area contributed by atoms with Gasteiger partial charge in [-0.15, -0.1) is 0 Å². The Hall–Kier alpha value is -1.19. The topological polar surface area (TPSA) is 12.0 Å². The number of hydrogen-bond acceptors (Lipinski definition) is 1. The van der Waals surface area contributed by atoms with Crippen LogP contribution >= 0.6 is 15.9 Å². The molecule has 1 unspecified atom stereocenters. The Bertz CT molecular complexity index is 580. The van der Waals surface area contributed by atoms with Crippen molar-refractivity contribution in [2.75, 3.05) is 6.54 Å². The van der Waals surface area contributed by atoms with Crippen molar-refractivity contribution in [1.82, 2.24) is 5.32 Å². The first-order valence-corrected chi connectivity index (χ1v) is 8.10. The summed E-state index contributed by atoms with van der Waals surface area (Å²) in [7, 11) is 0. The molecule has 0 bridgehead atoms. The third-order valence-corrected chi connectivity index (χ3v) is 4.19. The number of hydrogen-bond donors (Lipinski definition) is 1. The molecule has 0 radical (unpaired) electrons. The van der Waals surface area contributed by atoms with E-state index in [9.17, 15) is 4.39 Å². The summed E-state index contributed by atoms with van der Waals surface area (Å²) in [4.78, 5) is 0. The maximum atomic E-state index is 13.2. The van der Waals surface area contributed by atoms with Crippen molar-refractivity contribution in [3.05, 3.63) is 69.4 Å². The summed E-state index contributed by atoms with van der Waals surface area (Å²) in [6.45, 7) is 5.02. The van der Waals surface area contributed by atoms with Crippen LogP contribution in [0.3, 0.4) is 0 Å². The highest BCUT2D eigenvalue weighted by molar-refractivity contribution is 9.10. The van der Waals surface area contributed by atoms with Crippen LogP contribution in [0.1, 0.15) is 23.6 Å². The predicted molar refractivity (Wildman–Crippen MR) is 90.2 cm³/mol. The number of nitrogens with one attached hydrogen (secondary N) is 1. The first-order chi connectivity index (χ1) is 10.1. The third kappa shape index (κ3) is 4.94. The molecule has 112 valence electrons. The summed E-state index contributed by atoms with van der Waals surface area (Å²) >= 11 is 3.46. The molecule has 0 aromatic heterocycles. The SMILES string of the molecule is CCNC(Cc1ccc(Br)cc1)Cc1ccc(F)cc1C. The van der Waals surface area contributed by atoms with Crippen molar-refractivity contribution >= 4 is 15.9 Å². The van der Waals surface area contributed by atoms with Crippen LogP contribution in [-0.4, -0.2) is 12.6 Å². The van der Waals surface area contributed by atoms with E-state index in [1.807, 2.05) is 13.0 Å². The summed E-state index contributed by atoms with van der Waals surface area (Å²) < 4.78 is 14.3. The Kier molecular flexibility index (Phi) is 5.95. The lowest BCUT2D eigenvalue weighted by Crippen LogP contribution is -2.33. The van der Waals surface area contributed by atoms with Crippen molar-refractivity contribution in [2.24, 2.45) is 0 Å². The van der Waals surface area contributed by atoms with Crippen LogP contribution in [0.15, 0.2) is 46.9 Å². The van der Waals surface area contributed by atoms with Crippen molar-refractivity contribution in [3.8, 4) is 0 Å². The molecule has 0 heterocycles. The predicted octanol–water partition coefficient (Wildman–Crippen LogP) is 4.66. The summed E-state index contributed by atoms with van der Waals surface area (Å²) in [5.74, 6) is -0.163. The fourth-order valence-electron chi connectivity index (χ4n) is 2.56. The van der Waals surface area contributed by atoms with Crippen molar-refractivity contribution in [2.45, 2.75) is 32.7 Å². The number of benzene rings is 2. The molecule has 2 aromatic carbocycles. The van der Waals surface area contributed by atoms with Gasteiger partial charge in [-0.25, -0.2) is 4.39 Å². The largest absolute Gasteiger partial charge is 0.314 e. The highest BCUT2D eigenvalue weighted by Crippen LogP contribution is 2.16. The maximum Gasteiger partial charge on any atom is 0.123 e. The Balaban J connectivity index is 2.09. The molecule has 0 spiro atoms. The van der Waals surface area contributed by atoms with Gasteiger partial charge in [-0.05, 0) is 67.3 Å². The fraction of sp³-hybridized carbons (Fsp3) is 0.333. The fourth-order valence-corrected chi connectivity index (χ4v) is 2.83. The Labute approximate surface area is 134 Å². The van der Waals surface area contributed by atoms with E-state index in [-0.39, 0.29) is 5.82 Å². The van der Waals surface area contributed by atoms with E-state index in [2.05, 4.69) is 52.4 Å². The van der Waals surface area contributed by atoms with E-state index >= 15 is 0 Å². The lowest BCUT2D eigenvalue weighted by Gasteiger charge is -2.19. The normalized spacial score (nSPS) is 12.4. The van der Waals surface area contributed by atoms with Crippen LogP contribution in [-0.2, 0) is 12.8 Å². The lowest BCUT2D eigenvalue weighted by atomic mass is 9.96. The molecule has 0 aliphatic carbocycles. The molecule has 0 amide bonds. The second kappa shape index (κ2) is 7.71. The van der Waals surface area contributed by atoms with E-state index in [4.69, 9.17) is 0 Å². The van der Waals surface area contributed by atoms with Gasteiger partial charge in [-0.1, -0.05) is 41.1 Å². The van der Waals surface area contributed by atoms with Crippen LogP contribution in [0.5, 0.6) is 0 Å². The van der Waals surface area contributed by atoms with Crippen LogP contribution in [0, 0.1) is 12.7 Å². The van der Waals surface area contributed by atoms with Gasteiger partial charge in [0.1, 0.15) is 5.82 Å². The van der Waals surface area contributed by atoms with Gasteiger partial charge in [0.2, 0.25) is 0 Å². The minimum absolute atomic E-state index is 0.163. The molecule has 1 nitrogen and oxygen atoms in total. The third-order valence-electron chi connectivity index (χ3n) is 3.66. The second-order valence-electron chi connectivity index (χ2n) is 5.36. The molecule has 21 heavy (non-hydrogen) atoms. The molecule has 0 fully saturated rings. The van der Waals surface area contributed by atoms with Crippen molar-refractivity contribution < 1.29 is 4.39 Å². The zero-order chi connectivity index (χ0) is 15.2. The van der Waals surface area contributed by atoms with E-state index in [1.54, 1.807) is 12.1 Å². The van der Waals surface area contributed by atoms with Gasteiger partial charge in [0, 0.05) is 10.5 Å². The molecule has 1 N–H and O–H groups in total. The second-order valence-corrected chi connectivity index (χ2v) is 6.28. The Morgan fingerprint density at radius 2 is 1.81 bits per heavy atom. The first kappa shape index (κ1) is 16.2. The molecule has 0 saturated heterocycles. The first-order valence-electron chi connectivity index (χ1n) is 7.31. The Morgan fingerprint density at radius 1 is 1.10 bits per heavy atom. The number of aryl methyl sites for hydroxylation is 1. The quantitative estimate of drug-likeness (QED) is 0.799. The summed E-state index contributed by atoms with van der Waals surface area (Å²) in [5.41, 5.74) is 3.54. The average molecular weight is 350 g/mol. The molecule has 2 aromatic rings. The minimum Gasteiger partial charge on any atom is -0.314 e. The van der Waals surface area contributed by atoms with Gasteiger partial charge in [0.25, 0.3) is 0 Å². The van der Waals surface area contributed by atoms with Crippen molar-refractivity contribution in [1.29, 1.82) is 0 Å². The molecule has 1 atom stereocenters.